The zero-order valence-corrected chi connectivity index (χ0v) is 34.4. The van der Waals surface area contributed by atoms with Gasteiger partial charge in [-0.25, -0.2) is 0 Å². The third-order valence-corrected chi connectivity index (χ3v) is 12.2. The fraction of sp³-hybridized carbons (Fsp3) is 0.541. The predicted molar refractivity (Wildman–Crippen MR) is 223 cm³/mol. The average Bonchev–Trinajstić information content (AvgIpc) is 3.87. The number of aliphatic carboxylic acids is 1. The summed E-state index contributed by atoms with van der Waals surface area (Å²) < 4.78 is 0. The Hall–Kier alpha value is -5.35. The summed E-state index contributed by atoms with van der Waals surface area (Å²) in [7, 11) is 4.01. The number of benzene rings is 1. The van der Waals surface area contributed by atoms with Gasteiger partial charge in [0.15, 0.2) is 11.7 Å². The molecule has 2 aliphatic heterocycles. The maximum absolute atomic E-state index is 14.3. The van der Waals surface area contributed by atoms with E-state index in [1.807, 2.05) is 24.3 Å². The van der Waals surface area contributed by atoms with Gasteiger partial charge in [-0.3, -0.25) is 48.7 Å². The van der Waals surface area contributed by atoms with Gasteiger partial charge in [-0.1, -0.05) is 39.8 Å². The number of nitrogens with zero attached hydrogens (tertiary/aromatic N) is 2. The Morgan fingerprint density at radius 1 is 0.949 bits per heavy atom. The molecule has 2 saturated heterocycles. The number of carboxylic acids is 1. The minimum absolute atomic E-state index is 0.00748. The Kier molecular flexibility index (Phi) is 18.3. The molecule has 0 aliphatic carbocycles. The minimum atomic E-state index is -1.53. The molecule has 0 spiro atoms. The van der Waals surface area contributed by atoms with Gasteiger partial charge < -0.3 is 53.0 Å². The van der Waals surface area contributed by atoms with E-state index in [1.54, 1.807) is 6.20 Å². The molecule has 20 nitrogen and oxygen atoms in total. The van der Waals surface area contributed by atoms with Crippen LogP contribution in [-0.2, 0) is 44.8 Å². The number of para-hydroxylation sites is 1. The molecule has 1 aromatic carbocycles. The quantitative estimate of drug-likeness (QED) is 0.0549. The van der Waals surface area contributed by atoms with E-state index < -0.39 is 96.9 Å². The molecule has 0 radical (unpaired) electrons. The molecular weight excluding hydrogens is 807 g/mol. The summed E-state index contributed by atoms with van der Waals surface area (Å²) in [6.07, 6.45) is 3.07. The van der Waals surface area contributed by atoms with Crippen molar-refractivity contribution in [2.45, 2.75) is 81.6 Å². The molecule has 12 N–H and O–H groups in total. The molecule has 5 atom stereocenters. The van der Waals surface area contributed by atoms with E-state index in [0.29, 0.717) is 32.2 Å². The van der Waals surface area contributed by atoms with E-state index in [1.165, 1.54) is 33.5 Å². The second-order valence-corrected chi connectivity index (χ2v) is 16.7. The first-order valence-electron chi connectivity index (χ1n) is 19.3. The lowest BCUT2D eigenvalue weighted by atomic mass is 10.0. The lowest BCUT2D eigenvalue weighted by Gasteiger charge is -2.30. The third-order valence-electron chi connectivity index (χ3n) is 9.79. The number of primary amides is 1. The highest BCUT2D eigenvalue weighted by atomic mass is 33.1. The maximum atomic E-state index is 14.3. The average molecular weight is 860 g/mol. The molecular formula is C37H53N11O9S2. The van der Waals surface area contributed by atoms with Crippen molar-refractivity contribution in [3.05, 3.63) is 36.0 Å². The summed E-state index contributed by atoms with van der Waals surface area (Å²) in [5, 5.41) is 26.5. The predicted octanol–water partition coefficient (Wildman–Crippen LogP) is -1.75. The Morgan fingerprint density at radius 2 is 1.71 bits per heavy atom. The Balaban J connectivity index is 1.57. The number of Topliss-reactive ketones (excluding diaryl/α,β-unsaturated/α-hetero) is 1. The molecule has 2 aliphatic rings. The normalized spacial score (nSPS) is 24.0. The van der Waals surface area contributed by atoms with Crippen LogP contribution in [0, 0.1) is 0 Å². The summed E-state index contributed by atoms with van der Waals surface area (Å²) in [6, 6.07) is 1.75. The van der Waals surface area contributed by atoms with Crippen LogP contribution in [0.4, 0.5) is 0 Å². The number of hydrogen-bond donors (Lipinski definition) is 10. The van der Waals surface area contributed by atoms with E-state index >= 15 is 0 Å². The zero-order chi connectivity index (χ0) is 42.9. The standard InChI is InChI=1S/C37H53N11O9S2/c1-40-37(39)41-12-5-4-9-24-34(55)44-19-31(51)46-25(16-32(52)53)29(49)18-43-26(15-21-17-42-23-8-3-2-7-22(21)23)36(57)48-13-6-10-28(48)35(56)47-27(33(38)54)20-59-58-14-11-30(50)45-24/h2-3,7-8,17,24-28,42-43H,4-6,9-16,18-20H2,1H3,(H2,38,54)(H,44,55)(H,45,50)(H,46,51)(H,47,56)(H,52,53)(H3,39,40,41). The van der Waals surface area contributed by atoms with Crippen molar-refractivity contribution in [1.82, 2.24) is 41.8 Å². The highest BCUT2D eigenvalue weighted by Crippen LogP contribution is 2.25. The second-order valence-electron chi connectivity index (χ2n) is 14.1. The maximum Gasteiger partial charge on any atom is 0.305 e. The molecule has 5 unspecified atom stereocenters. The highest BCUT2D eigenvalue weighted by molar-refractivity contribution is 8.76. The number of aliphatic imine (C=N–C) groups is 1. The van der Waals surface area contributed by atoms with E-state index in [4.69, 9.17) is 11.5 Å². The van der Waals surface area contributed by atoms with Crippen LogP contribution < -0.4 is 43.4 Å². The van der Waals surface area contributed by atoms with Crippen molar-refractivity contribution in [1.29, 1.82) is 0 Å². The summed E-state index contributed by atoms with van der Waals surface area (Å²) in [5.74, 6) is -5.36. The summed E-state index contributed by atoms with van der Waals surface area (Å²) in [5.41, 5.74) is 12.9. The van der Waals surface area contributed by atoms with Gasteiger partial charge in [0.05, 0.1) is 31.6 Å². The summed E-state index contributed by atoms with van der Waals surface area (Å²) in [4.78, 5) is 113. The molecule has 0 bridgehead atoms. The number of guanidine groups is 1. The Morgan fingerprint density at radius 3 is 2.46 bits per heavy atom. The summed E-state index contributed by atoms with van der Waals surface area (Å²) >= 11 is 0. The smallest absolute Gasteiger partial charge is 0.305 e. The number of carboxylic acid groups (broad SMARTS) is 1. The number of H-pyrrole nitrogens is 1. The molecule has 6 amide bonds. The number of unbranched alkanes of at least 4 members (excludes halogenated alkanes) is 1. The molecule has 4 rings (SSSR count). The first-order valence-corrected chi connectivity index (χ1v) is 21.8. The topological polar surface area (TPSA) is 312 Å². The number of ketones is 1. The molecule has 2 fully saturated rings. The Labute approximate surface area is 348 Å². The monoisotopic (exact) mass is 859 g/mol. The van der Waals surface area contributed by atoms with Crippen molar-refractivity contribution in [3.8, 4) is 0 Å². The van der Waals surface area contributed by atoms with Crippen molar-refractivity contribution in [3.63, 3.8) is 0 Å². The fourth-order valence-corrected chi connectivity index (χ4v) is 8.82. The molecule has 59 heavy (non-hydrogen) atoms. The molecule has 2 aromatic rings. The van der Waals surface area contributed by atoms with E-state index in [2.05, 4.69) is 41.9 Å². The number of fused-ring (bicyclic) bond motifs is 2. The Bertz CT molecular complexity index is 1880. The number of hydrogen-bond acceptors (Lipinski definition) is 12. The largest absolute Gasteiger partial charge is 0.481 e. The number of rotatable bonds is 10. The van der Waals surface area contributed by atoms with Crippen molar-refractivity contribution < 1.29 is 43.5 Å². The number of carbonyl (C=O) groups excluding carboxylic acids is 7. The van der Waals surface area contributed by atoms with Gasteiger partial charge in [-0.2, -0.15) is 0 Å². The lowest BCUT2D eigenvalue weighted by molar-refractivity contribution is -0.141. The summed E-state index contributed by atoms with van der Waals surface area (Å²) in [6.45, 7) is -0.485. The van der Waals surface area contributed by atoms with E-state index in [-0.39, 0.29) is 43.3 Å². The first kappa shape index (κ1) is 46.3. The molecule has 322 valence electrons. The number of nitrogens with one attached hydrogen (secondary N) is 7. The molecule has 3 heterocycles. The van der Waals surface area contributed by atoms with Crippen LogP contribution in [0.1, 0.15) is 50.5 Å². The number of amides is 6. The first-order chi connectivity index (χ1) is 28.3. The SMILES string of the molecule is CN=C(N)NCCCCC1NC(=O)CCSSCC(C(N)=O)NC(=O)C2CCCN2C(=O)C(Cc2c[nH]c3ccccc23)NCC(=O)C(CC(=O)O)NC(=O)CNC1=O. The van der Waals surface area contributed by atoms with Crippen LogP contribution in [0.2, 0.25) is 0 Å². The van der Waals surface area contributed by atoms with Gasteiger partial charge in [0.2, 0.25) is 35.4 Å². The van der Waals surface area contributed by atoms with Crippen LogP contribution in [0.25, 0.3) is 10.9 Å². The number of nitrogens with two attached hydrogens (primary N) is 2. The van der Waals surface area contributed by atoms with Crippen molar-refractivity contribution >= 4 is 85.6 Å². The zero-order valence-electron chi connectivity index (χ0n) is 32.8. The number of aromatic amines is 1. The fourth-order valence-electron chi connectivity index (χ4n) is 6.65. The van der Waals surface area contributed by atoms with Gasteiger partial charge in [-0.05, 0) is 50.2 Å². The molecule has 0 saturated carbocycles. The van der Waals surface area contributed by atoms with Crippen LogP contribution in [0.15, 0.2) is 35.5 Å². The third kappa shape index (κ3) is 14.5. The number of carbonyl (C=O) groups is 8. The lowest BCUT2D eigenvalue weighted by Crippen LogP contribution is -2.57. The van der Waals surface area contributed by atoms with Crippen molar-refractivity contribution in [2.75, 3.05) is 44.7 Å². The van der Waals surface area contributed by atoms with Crippen LogP contribution in [-0.4, -0.2) is 143 Å². The second kappa shape index (κ2) is 23.3. The number of aromatic nitrogens is 1. The van der Waals surface area contributed by atoms with Crippen LogP contribution in [0.5, 0.6) is 0 Å². The van der Waals surface area contributed by atoms with Crippen LogP contribution >= 0.6 is 21.6 Å². The highest BCUT2D eigenvalue weighted by Gasteiger charge is 2.39. The van der Waals surface area contributed by atoms with Crippen LogP contribution in [0.3, 0.4) is 0 Å². The minimum Gasteiger partial charge on any atom is -0.481 e. The van der Waals surface area contributed by atoms with Gasteiger partial charge in [0.25, 0.3) is 0 Å². The van der Waals surface area contributed by atoms with Gasteiger partial charge in [0, 0.05) is 55.2 Å². The van der Waals surface area contributed by atoms with Crippen molar-refractivity contribution in [2.24, 2.45) is 16.5 Å². The van der Waals surface area contributed by atoms with Gasteiger partial charge in [0.1, 0.15) is 18.1 Å². The van der Waals surface area contributed by atoms with E-state index in [0.717, 1.165) is 16.5 Å². The molecule has 22 heteroatoms. The van der Waals surface area contributed by atoms with Gasteiger partial charge >= 0.3 is 5.97 Å². The van der Waals surface area contributed by atoms with Gasteiger partial charge in [-0.15, -0.1) is 0 Å². The van der Waals surface area contributed by atoms with E-state index in [9.17, 15) is 43.5 Å². The molecule has 1 aromatic heterocycles.